The standard InChI is InChI=1S/C28H34N2O5/c1-18(11-12-26(31)30-14-13-19(2)24(16-30)27(32)33)15-29-28(34)35-17-25-22-9-5-3-7-20(22)21-8-4-6-10-23(21)25/h3-10,18-19,24-25H,11-17H2,1-2H3,(H,29,34)(H,32,33). The first-order valence-corrected chi connectivity index (χ1v) is 12.4. The lowest BCUT2D eigenvalue weighted by Crippen LogP contribution is -2.45. The maximum atomic E-state index is 12.6. The van der Waals surface area contributed by atoms with Crippen molar-refractivity contribution in [3.05, 3.63) is 59.7 Å². The number of ether oxygens (including phenoxy) is 1. The number of aliphatic carboxylic acids is 1. The highest BCUT2D eigenvalue weighted by molar-refractivity contribution is 5.79. The van der Waals surface area contributed by atoms with Gasteiger partial charge in [-0.25, -0.2) is 4.79 Å². The quantitative estimate of drug-likeness (QED) is 0.582. The molecule has 0 saturated carbocycles. The topological polar surface area (TPSA) is 95.9 Å². The molecule has 2 aromatic carbocycles. The number of carboxylic acids is 1. The van der Waals surface area contributed by atoms with E-state index in [1.54, 1.807) is 4.90 Å². The van der Waals surface area contributed by atoms with Crippen molar-refractivity contribution in [1.29, 1.82) is 0 Å². The lowest BCUT2D eigenvalue weighted by molar-refractivity contribution is -0.148. The summed E-state index contributed by atoms with van der Waals surface area (Å²) in [7, 11) is 0. The Morgan fingerprint density at radius 2 is 1.71 bits per heavy atom. The smallest absolute Gasteiger partial charge is 0.407 e. The maximum absolute atomic E-state index is 12.6. The molecule has 2 N–H and O–H groups in total. The molecule has 35 heavy (non-hydrogen) atoms. The third-order valence-electron chi connectivity index (χ3n) is 7.42. The molecule has 1 heterocycles. The zero-order valence-electron chi connectivity index (χ0n) is 20.4. The molecule has 7 nitrogen and oxygen atoms in total. The minimum absolute atomic E-state index is 0.0175. The third kappa shape index (κ3) is 5.66. The number of benzene rings is 2. The van der Waals surface area contributed by atoms with E-state index in [1.165, 1.54) is 22.3 Å². The molecule has 3 atom stereocenters. The zero-order chi connectivity index (χ0) is 24.9. The van der Waals surface area contributed by atoms with Crippen LogP contribution in [0.25, 0.3) is 11.1 Å². The Kier molecular flexibility index (Phi) is 7.73. The first-order chi connectivity index (χ1) is 16.8. The number of nitrogens with zero attached hydrogens (tertiary/aromatic N) is 1. The average molecular weight is 479 g/mol. The molecule has 2 aliphatic rings. The summed E-state index contributed by atoms with van der Waals surface area (Å²) in [6.45, 7) is 5.48. The molecular formula is C28H34N2O5. The number of piperidine rings is 1. The third-order valence-corrected chi connectivity index (χ3v) is 7.42. The Morgan fingerprint density at radius 3 is 2.34 bits per heavy atom. The van der Waals surface area contributed by atoms with Crippen molar-refractivity contribution in [2.24, 2.45) is 17.8 Å². The molecule has 0 aromatic heterocycles. The van der Waals surface area contributed by atoms with Gasteiger partial charge in [0.2, 0.25) is 5.91 Å². The second-order valence-electron chi connectivity index (χ2n) is 9.90. The fourth-order valence-corrected chi connectivity index (χ4v) is 5.15. The molecular weight excluding hydrogens is 444 g/mol. The van der Waals surface area contributed by atoms with E-state index in [0.29, 0.717) is 32.4 Å². The molecule has 186 valence electrons. The number of hydrogen-bond donors (Lipinski definition) is 2. The first kappa shape index (κ1) is 24.8. The van der Waals surface area contributed by atoms with Gasteiger partial charge in [-0.1, -0.05) is 62.4 Å². The van der Waals surface area contributed by atoms with Crippen LogP contribution in [0.3, 0.4) is 0 Å². The Balaban J connectivity index is 1.20. The molecule has 2 amide bonds. The molecule has 3 unspecified atom stereocenters. The summed E-state index contributed by atoms with van der Waals surface area (Å²) in [4.78, 5) is 38.1. The molecule has 0 radical (unpaired) electrons. The zero-order valence-corrected chi connectivity index (χ0v) is 20.4. The summed E-state index contributed by atoms with van der Waals surface area (Å²) in [6.07, 6.45) is 1.21. The molecule has 7 heteroatoms. The van der Waals surface area contributed by atoms with Crippen molar-refractivity contribution in [3.63, 3.8) is 0 Å². The second-order valence-corrected chi connectivity index (χ2v) is 9.90. The molecule has 4 rings (SSSR count). The molecule has 1 fully saturated rings. The van der Waals surface area contributed by atoms with Gasteiger partial charge in [-0.15, -0.1) is 0 Å². The highest BCUT2D eigenvalue weighted by Crippen LogP contribution is 2.44. The van der Waals surface area contributed by atoms with Crippen LogP contribution in [0.2, 0.25) is 0 Å². The van der Waals surface area contributed by atoms with Crippen LogP contribution < -0.4 is 5.32 Å². The van der Waals surface area contributed by atoms with Crippen LogP contribution in [0.4, 0.5) is 4.79 Å². The summed E-state index contributed by atoms with van der Waals surface area (Å²) in [5, 5.41) is 12.2. The highest BCUT2D eigenvalue weighted by atomic mass is 16.5. The minimum atomic E-state index is -0.837. The second kappa shape index (κ2) is 10.9. The summed E-state index contributed by atoms with van der Waals surface area (Å²) < 4.78 is 5.57. The SMILES string of the molecule is CC(CCC(=O)N1CCC(C)C(C(=O)O)C1)CNC(=O)OCC1c2ccccc2-c2ccccc21. The highest BCUT2D eigenvalue weighted by Gasteiger charge is 2.33. The van der Waals surface area contributed by atoms with Crippen molar-refractivity contribution in [1.82, 2.24) is 10.2 Å². The fraction of sp³-hybridized carbons (Fsp3) is 0.464. The van der Waals surface area contributed by atoms with E-state index in [-0.39, 0.29) is 36.8 Å². The fourth-order valence-electron chi connectivity index (χ4n) is 5.15. The van der Waals surface area contributed by atoms with Gasteiger partial charge in [-0.2, -0.15) is 0 Å². The van der Waals surface area contributed by atoms with Gasteiger partial charge in [0.05, 0.1) is 5.92 Å². The van der Waals surface area contributed by atoms with Crippen LogP contribution in [-0.4, -0.2) is 54.2 Å². The lowest BCUT2D eigenvalue weighted by Gasteiger charge is -2.35. The first-order valence-electron chi connectivity index (χ1n) is 12.4. The van der Waals surface area contributed by atoms with Gasteiger partial charge >= 0.3 is 12.1 Å². The largest absolute Gasteiger partial charge is 0.481 e. The van der Waals surface area contributed by atoms with Gasteiger partial charge in [0.15, 0.2) is 0 Å². The van der Waals surface area contributed by atoms with E-state index in [1.807, 2.05) is 38.1 Å². The van der Waals surface area contributed by atoms with Crippen LogP contribution >= 0.6 is 0 Å². The van der Waals surface area contributed by atoms with Crippen LogP contribution in [0, 0.1) is 17.8 Å². The number of hydrogen-bond acceptors (Lipinski definition) is 4. The van der Waals surface area contributed by atoms with Gasteiger partial charge in [-0.3, -0.25) is 9.59 Å². The molecule has 1 aliphatic carbocycles. The summed E-state index contributed by atoms with van der Waals surface area (Å²) in [6, 6.07) is 16.4. The normalized spacial score (nSPS) is 20.0. The van der Waals surface area contributed by atoms with Crippen LogP contribution in [0.5, 0.6) is 0 Å². The van der Waals surface area contributed by atoms with Gasteiger partial charge in [0, 0.05) is 32.0 Å². The Hall–Kier alpha value is -3.35. The number of carbonyl (C=O) groups is 3. The van der Waals surface area contributed by atoms with E-state index in [0.717, 1.165) is 0 Å². The predicted molar refractivity (Wildman–Crippen MR) is 133 cm³/mol. The molecule has 0 spiro atoms. The van der Waals surface area contributed by atoms with Crippen molar-refractivity contribution in [3.8, 4) is 11.1 Å². The monoisotopic (exact) mass is 478 g/mol. The number of fused-ring (bicyclic) bond motifs is 3. The van der Waals surface area contributed by atoms with Crippen LogP contribution in [-0.2, 0) is 14.3 Å². The molecule has 1 saturated heterocycles. The van der Waals surface area contributed by atoms with Crippen LogP contribution in [0.15, 0.2) is 48.5 Å². The summed E-state index contributed by atoms with van der Waals surface area (Å²) in [5.41, 5.74) is 4.72. The van der Waals surface area contributed by atoms with Gasteiger partial charge in [0.1, 0.15) is 6.61 Å². The number of likely N-dealkylation sites (tertiary alicyclic amines) is 1. The number of carbonyl (C=O) groups excluding carboxylic acids is 2. The number of carboxylic acid groups (broad SMARTS) is 1. The summed E-state index contributed by atoms with van der Waals surface area (Å²) >= 11 is 0. The van der Waals surface area contributed by atoms with Crippen LogP contribution in [0.1, 0.15) is 50.2 Å². The lowest BCUT2D eigenvalue weighted by atomic mass is 9.87. The van der Waals surface area contributed by atoms with Gasteiger partial charge < -0.3 is 20.1 Å². The van der Waals surface area contributed by atoms with Crippen molar-refractivity contribution in [2.75, 3.05) is 26.2 Å². The minimum Gasteiger partial charge on any atom is -0.481 e. The molecule has 0 bridgehead atoms. The van der Waals surface area contributed by atoms with Gasteiger partial charge in [-0.05, 0) is 46.9 Å². The predicted octanol–water partition coefficient (Wildman–Crippen LogP) is 4.51. The number of nitrogens with one attached hydrogen (secondary N) is 1. The van der Waals surface area contributed by atoms with E-state index in [2.05, 4.69) is 29.6 Å². The Labute approximate surface area is 206 Å². The number of rotatable bonds is 8. The molecule has 2 aromatic rings. The number of alkyl carbamates (subject to hydrolysis) is 1. The van der Waals surface area contributed by atoms with E-state index in [4.69, 9.17) is 4.74 Å². The maximum Gasteiger partial charge on any atom is 0.407 e. The van der Waals surface area contributed by atoms with E-state index in [9.17, 15) is 19.5 Å². The van der Waals surface area contributed by atoms with Crippen molar-refractivity contribution < 1.29 is 24.2 Å². The van der Waals surface area contributed by atoms with Gasteiger partial charge in [0.25, 0.3) is 0 Å². The summed E-state index contributed by atoms with van der Waals surface area (Å²) in [5.74, 6) is -1.16. The van der Waals surface area contributed by atoms with E-state index >= 15 is 0 Å². The Morgan fingerprint density at radius 1 is 1.09 bits per heavy atom. The molecule has 1 aliphatic heterocycles. The van der Waals surface area contributed by atoms with Crippen molar-refractivity contribution in [2.45, 2.75) is 39.0 Å². The van der Waals surface area contributed by atoms with E-state index < -0.39 is 18.0 Å². The number of amides is 2. The average Bonchev–Trinajstić information content (AvgIpc) is 3.18. The Bertz CT molecular complexity index is 1040. The van der Waals surface area contributed by atoms with Crippen molar-refractivity contribution >= 4 is 18.0 Å².